The van der Waals surface area contributed by atoms with Crippen LogP contribution in [0.2, 0.25) is 0 Å². The molecule has 0 N–H and O–H groups in total. The zero-order chi connectivity index (χ0) is 8.41. The van der Waals surface area contributed by atoms with Crippen LogP contribution in [0.15, 0.2) is 0 Å². The van der Waals surface area contributed by atoms with Crippen molar-refractivity contribution in [3.05, 3.63) is 0 Å². The van der Waals surface area contributed by atoms with Crippen LogP contribution in [0, 0.1) is 0 Å². The van der Waals surface area contributed by atoms with E-state index in [0.717, 1.165) is 6.66 Å². The van der Waals surface area contributed by atoms with Crippen LogP contribution in [0.3, 0.4) is 0 Å². The van der Waals surface area contributed by atoms with Crippen LogP contribution >= 0.6 is 7.37 Å². The number of rotatable bonds is 3. The molecular weight excluding hydrogens is 178 g/mol. The zero-order valence-electron chi connectivity index (χ0n) is 7.58. The number of ether oxygens (including phenoxy) is 2. The minimum absolute atomic E-state index is 0. The molecule has 0 aromatic carbocycles. The first kappa shape index (κ1) is 14.6. The molecule has 0 amide bonds. The van der Waals surface area contributed by atoms with E-state index in [4.69, 9.17) is 0 Å². The van der Waals surface area contributed by atoms with Gasteiger partial charge in [-0.15, -0.1) is 0 Å². The molecule has 0 aromatic heterocycles. The monoisotopic (exact) mass is 190 g/mol. The predicted molar refractivity (Wildman–Crippen MR) is 36.0 cm³/mol. The Morgan fingerprint density at radius 2 is 1.64 bits per heavy atom. The molecule has 0 radical (unpaired) electrons. The van der Waals surface area contributed by atoms with E-state index in [2.05, 4.69) is 9.47 Å². The summed E-state index contributed by atoms with van der Waals surface area (Å²) in [6.07, 6.45) is 0. The third-order valence-electron chi connectivity index (χ3n) is 1.50. The van der Waals surface area contributed by atoms with Gasteiger partial charge in [-0.25, -0.2) is 0 Å². The quantitative estimate of drug-likeness (QED) is 0.274. The summed E-state index contributed by atoms with van der Waals surface area (Å²) in [6.45, 7) is 2.45. The molecule has 1 unspecified atom stereocenters. The molecule has 6 heteroatoms. The predicted octanol–water partition coefficient (Wildman–Crippen LogP) is -2.77. The van der Waals surface area contributed by atoms with Gasteiger partial charge < -0.3 is 18.9 Å². The Morgan fingerprint density at radius 1 is 1.36 bits per heavy atom. The van der Waals surface area contributed by atoms with E-state index >= 15 is 0 Å². The smallest absolute Gasteiger partial charge is 0.796 e. The van der Waals surface area contributed by atoms with Crippen molar-refractivity contribution in [3.8, 4) is 0 Å². The summed E-state index contributed by atoms with van der Waals surface area (Å²) in [5.41, 5.74) is -1.48. The maximum Gasteiger partial charge on any atom is 1.00 e. The first-order valence-electron chi connectivity index (χ1n) is 2.76. The van der Waals surface area contributed by atoms with Crippen molar-refractivity contribution in [2.24, 2.45) is 0 Å². The molecule has 11 heavy (non-hydrogen) atoms. The van der Waals surface area contributed by atoms with Crippen molar-refractivity contribution < 1.29 is 48.5 Å². The molecule has 0 heterocycles. The van der Waals surface area contributed by atoms with Crippen LogP contribution in [-0.4, -0.2) is 26.4 Å². The number of methoxy groups -OCH3 is 2. The van der Waals surface area contributed by atoms with Gasteiger partial charge >= 0.3 is 29.6 Å². The van der Waals surface area contributed by atoms with E-state index in [1.807, 2.05) is 0 Å². The van der Waals surface area contributed by atoms with Gasteiger partial charge in [-0.3, -0.25) is 0 Å². The fourth-order valence-electron chi connectivity index (χ4n) is 0.415. The molecule has 1 atom stereocenters. The van der Waals surface area contributed by atoms with Crippen molar-refractivity contribution in [1.29, 1.82) is 0 Å². The van der Waals surface area contributed by atoms with Crippen molar-refractivity contribution in [2.75, 3.05) is 20.9 Å². The summed E-state index contributed by atoms with van der Waals surface area (Å²) in [5, 5.41) is 0. The molecule has 4 nitrogen and oxygen atoms in total. The maximum atomic E-state index is 10.9. The van der Waals surface area contributed by atoms with E-state index in [0.29, 0.717) is 0 Å². The van der Waals surface area contributed by atoms with Crippen LogP contribution in [0.4, 0.5) is 0 Å². The molecule has 0 saturated heterocycles. The Kier molecular flexibility index (Phi) is 6.61. The molecule has 0 fully saturated rings. The number of hydrogen-bond donors (Lipinski definition) is 0. The van der Waals surface area contributed by atoms with E-state index in [9.17, 15) is 9.46 Å². The largest absolute Gasteiger partial charge is 1.00 e. The molecular formula is C5H12NaO4P. The molecule has 0 aliphatic carbocycles. The molecule has 0 aliphatic heterocycles. The summed E-state index contributed by atoms with van der Waals surface area (Å²) in [6, 6.07) is 0. The topological polar surface area (TPSA) is 58.6 Å². The molecule has 0 aliphatic rings. The van der Waals surface area contributed by atoms with Crippen LogP contribution in [0.1, 0.15) is 6.92 Å². The van der Waals surface area contributed by atoms with Gasteiger partial charge in [0.25, 0.3) is 0 Å². The minimum Gasteiger partial charge on any atom is -0.796 e. The average Bonchev–Trinajstić information content (AvgIpc) is 1.84. The average molecular weight is 190 g/mol. The number of hydrogen-bond acceptors (Lipinski definition) is 4. The Bertz CT molecular complexity index is 151. The Balaban J connectivity index is 0. The zero-order valence-corrected chi connectivity index (χ0v) is 10.5. The second kappa shape index (κ2) is 4.97. The van der Waals surface area contributed by atoms with Crippen molar-refractivity contribution in [2.45, 2.75) is 12.5 Å². The molecule has 0 rings (SSSR count). The van der Waals surface area contributed by atoms with E-state index in [-0.39, 0.29) is 29.6 Å². The van der Waals surface area contributed by atoms with Crippen LogP contribution in [0.25, 0.3) is 0 Å². The van der Waals surface area contributed by atoms with E-state index in [1.165, 1.54) is 21.1 Å². The van der Waals surface area contributed by atoms with Crippen LogP contribution in [-0.2, 0) is 14.0 Å². The summed E-state index contributed by atoms with van der Waals surface area (Å²) in [7, 11) is -1.00. The first-order valence-corrected chi connectivity index (χ1v) is 4.83. The summed E-state index contributed by atoms with van der Waals surface area (Å²) in [5.74, 6) is 0. The van der Waals surface area contributed by atoms with Crippen molar-refractivity contribution in [1.82, 2.24) is 0 Å². The SMILES string of the molecule is COC(C)(OC)P(C)(=O)[O-].[Na+]. The first-order chi connectivity index (χ1) is 4.37. The fourth-order valence-corrected chi connectivity index (χ4v) is 1.08. The van der Waals surface area contributed by atoms with Gasteiger partial charge in [-0.1, -0.05) is 0 Å². The van der Waals surface area contributed by atoms with Gasteiger partial charge in [0.1, 0.15) is 0 Å². The third kappa shape index (κ3) is 3.55. The van der Waals surface area contributed by atoms with Crippen LogP contribution < -0.4 is 34.5 Å². The molecule has 0 saturated carbocycles. The van der Waals surface area contributed by atoms with Gasteiger partial charge in [0.2, 0.25) is 5.53 Å². The van der Waals surface area contributed by atoms with Gasteiger partial charge in [0.15, 0.2) is 0 Å². The molecule has 0 aromatic rings. The Hall–Kier alpha value is 1.11. The van der Waals surface area contributed by atoms with Gasteiger partial charge in [0.05, 0.1) is 7.37 Å². The molecule has 62 valence electrons. The van der Waals surface area contributed by atoms with Crippen LogP contribution in [0.5, 0.6) is 0 Å². The van der Waals surface area contributed by atoms with Gasteiger partial charge in [-0.05, 0) is 13.6 Å². The van der Waals surface area contributed by atoms with Gasteiger partial charge in [0, 0.05) is 14.2 Å². The summed E-state index contributed by atoms with van der Waals surface area (Å²) >= 11 is 0. The van der Waals surface area contributed by atoms with E-state index < -0.39 is 12.9 Å². The molecule has 0 spiro atoms. The third-order valence-corrected chi connectivity index (χ3v) is 3.34. The van der Waals surface area contributed by atoms with E-state index in [1.54, 1.807) is 0 Å². The minimum atomic E-state index is -3.58. The summed E-state index contributed by atoms with van der Waals surface area (Å²) in [4.78, 5) is 10.9. The normalized spacial score (nSPS) is 16.8. The van der Waals surface area contributed by atoms with Gasteiger partial charge in [-0.2, -0.15) is 0 Å². The Labute approximate surface area is 89.0 Å². The fraction of sp³-hybridized carbons (Fsp3) is 1.00. The second-order valence-electron chi connectivity index (χ2n) is 2.15. The second-order valence-corrected chi connectivity index (χ2v) is 4.66. The summed E-state index contributed by atoms with van der Waals surface area (Å²) < 4.78 is 20.2. The molecule has 0 bridgehead atoms. The van der Waals surface area contributed by atoms with Crippen molar-refractivity contribution >= 4 is 7.37 Å². The Morgan fingerprint density at radius 3 is 1.64 bits per heavy atom. The standard InChI is InChI=1S/C5H13O4P.Na/c1-5(8-2,9-3)10(4,6)7;/h1-4H3,(H,6,7);/q;+1/p-1. The maximum absolute atomic E-state index is 10.9. The van der Waals surface area contributed by atoms with Crippen molar-refractivity contribution in [3.63, 3.8) is 0 Å².